The van der Waals surface area contributed by atoms with Crippen LogP contribution < -0.4 is 5.73 Å². The van der Waals surface area contributed by atoms with Crippen molar-refractivity contribution in [1.29, 1.82) is 0 Å². The molecule has 1 fully saturated rings. The van der Waals surface area contributed by atoms with E-state index in [1.54, 1.807) is 7.11 Å². The molecule has 0 radical (unpaired) electrons. The zero-order valence-electron chi connectivity index (χ0n) is 18.2. The van der Waals surface area contributed by atoms with Gasteiger partial charge in [-0.25, -0.2) is 8.42 Å². The normalized spacial score (nSPS) is 16.0. The second-order valence-electron chi connectivity index (χ2n) is 7.56. The van der Waals surface area contributed by atoms with Crippen molar-refractivity contribution in [1.82, 2.24) is 4.47 Å². The number of rotatable bonds is 19. The van der Waals surface area contributed by atoms with E-state index < -0.39 is 10.0 Å². The molecule has 2 N–H and O–H groups in total. The van der Waals surface area contributed by atoms with Crippen LogP contribution in [0.15, 0.2) is 0 Å². The molecule has 0 unspecified atom stereocenters. The molecule has 0 aromatic heterocycles. The Balaban J connectivity index is 2.38. The van der Waals surface area contributed by atoms with Crippen LogP contribution in [0.5, 0.6) is 0 Å². The highest BCUT2D eigenvalue weighted by molar-refractivity contribution is 7.88. The summed E-state index contributed by atoms with van der Waals surface area (Å²) in [4.78, 5) is 5.78. The molecule has 8 nitrogen and oxygen atoms in total. The number of ether oxygens (including phenoxy) is 3. The van der Waals surface area contributed by atoms with Gasteiger partial charge in [-0.2, -0.15) is 0 Å². The average Bonchev–Trinajstić information content (AvgIpc) is 2.72. The number of unbranched alkanes of at least 4 members (excludes halogenated alkanes) is 3. The molecule has 1 rings (SSSR count). The van der Waals surface area contributed by atoms with E-state index in [1.807, 2.05) is 0 Å². The molecule has 174 valence electrons. The van der Waals surface area contributed by atoms with Gasteiger partial charge in [-0.15, -0.1) is 0 Å². The smallest absolute Gasteiger partial charge is 0.236 e. The maximum absolute atomic E-state index is 12.8. The van der Waals surface area contributed by atoms with E-state index in [2.05, 4.69) is 0 Å². The first kappa shape index (κ1) is 26.7. The third-order valence-electron chi connectivity index (χ3n) is 5.07. The summed E-state index contributed by atoms with van der Waals surface area (Å²) in [5, 5.41) is 0. The summed E-state index contributed by atoms with van der Waals surface area (Å²) in [5.41, 5.74) is 5.49. The van der Waals surface area contributed by atoms with E-state index in [9.17, 15) is 8.42 Å². The summed E-state index contributed by atoms with van der Waals surface area (Å²) in [6.07, 6.45) is 9.28. The largest absolute Gasteiger partial charge is 0.382 e. The van der Waals surface area contributed by atoms with Gasteiger partial charge in [0.15, 0.2) is 0 Å². The fourth-order valence-electron chi connectivity index (χ4n) is 3.31. The zero-order chi connectivity index (χ0) is 21.2. The number of hydrogen-bond acceptors (Lipinski definition) is 7. The lowest BCUT2D eigenvalue weighted by Gasteiger charge is -2.26. The number of sulfonamides is 1. The maximum Gasteiger partial charge on any atom is 0.236 e. The Morgan fingerprint density at radius 1 is 0.897 bits per heavy atom. The molecule has 1 saturated carbocycles. The maximum atomic E-state index is 12.8. The minimum absolute atomic E-state index is 0.0996. The van der Waals surface area contributed by atoms with Crippen LogP contribution in [0.25, 0.3) is 0 Å². The lowest BCUT2D eigenvalue weighted by molar-refractivity contribution is -0.112. The highest BCUT2D eigenvalue weighted by atomic mass is 32.2. The Bertz CT molecular complexity index is 472. The van der Waals surface area contributed by atoms with Gasteiger partial charge in [0.25, 0.3) is 0 Å². The molecule has 0 aliphatic heterocycles. The molecule has 0 bridgehead atoms. The Hall–Kier alpha value is -0.290. The molecule has 0 atom stereocenters. The first-order valence-corrected chi connectivity index (χ1v) is 12.7. The van der Waals surface area contributed by atoms with E-state index in [0.29, 0.717) is 51.9 Å². The van der Waals surface area contributed by atoms with Gasteiger partial charge >= 0.3 is 0 Å². The molecular formula is C20H42N2O6S. The summed E-state index contributed by atoms with van der Waals surface area (Å²) in [7, 11) is -1.84. The average molecular weight is 439 g/mol. The number of methoxy groups -OCH3 is 1. The van der Waals surface area contributed by atoms with Crippen LogP contribution in [0.2, 0.25) is 0 Å². The van der Waals surface area contributed by atoms with Gasteiger partial charge in [-0.1, -0.05) is 36.6 Å². The van der Waals surface area contributed by atoms with E-state index in [-0.39, 0.29) is 18.9 Å². The van der Waals surface area contributed by atoms with Crippen LogP contribution in [-0.4, -0.2) is 78.5 Å². The third kappa shape index (κ3) is 13.6. The van der Waals surface area contributed by atoms with Crippen molar-refractivity contribution >= 4 is 10.0 Å². The quantitative estimate of drug-likeness (QED) is 0.244. The molecule has 0 aromatic rings. The monoisotopic (exact) mass is 438 g/mol. The predicted octanol–water partition coefficient (Wildman–Crippen LogP) is 2.33. The van der Waals surface area contributed by atoms with Crippen molar-refractivity contribution in [2.75, 3.05) is 65.6 Å². The Labute approximate surface area is 177 Å². The molecule has 29 heavy (non-hydrogen) atoms. The second-order valence-corrected chi connectivity index (χ2v) is 9.54. The number of nitrogens with two attached hydrogens (primary N) is 1. The topological polar surface area (TPSA) is 100 Å². The summed E-state index contributed by atoms with van der Waals surface area (Å²) >= 11 is 0. The standard InChI is InChI=1S/C20H42N2O6S/c1-25-14-15-27-17-16-26-13-12-22(28-19-20-9-5-4-6-10-20)29(23,24)18-8-3-2-7-11-21/h20H,2-19,21H2,1H3. The van der Waals surface area contributed by atoms with Gasteiger partial charge in [-0.05, 0) is 38.1 Å². The molecule has 0 spiro atoms. The van der Waals surface area contributed by atoms with Gasteiger partial charge in [0.05, 0.1) is 51.9 Å². The van der Waals surface area contributed by atoms with Crippen LogP contribution in [-0.2, 0) is 29.1 Å². The molecular weight excluding hydrogens is 396 g/mol. The minimum atomic E-state index is -3.46. The van der Waals surface area contributed by atoms with Crippen LogP contribution in [0.1, 0.15) is 57.8 Å². The van der Waals surface area contributed by atoms with Crippen LogP contribution >= 0.6 is 0 Å². The highest BCUT2D eigenvalue weighted by Crippen LogP contribution is 2.24. The Kier molecular flexibility index (Phi) is 16.0. The summed E-state index contributed by atoms with van der Waals surface area (Å²) < 4.78 is 42.4. The van der Waals surface area contributed by atoms with Gasteiger partial charge in [0.2, 0.25) is 10.0 Å². The van der Waals surface area contributed by atoms with Gasteiger partial charge < -0.3 is 19.9 Å². The van der Waals surface area contributed by atoms with E-state index in [1.165, 1.54) is 19.3 Å². The summed E-state index contributed by atoms with van der Waals surface area (Å²) in [5.74, 6) is 0.545. The van der Waals surface area contributed by atoms with E-state index >= 15 is 0 Å². The lowest BCUT2D eigenvalue weighted by Crippen LogP contribution is -2.37. The van der Waals surface area contributed by atoms with E-state index in [0.717, 1.165) is 36.6 Å². The van der Waals surface area contributed by atoms with Crippen molar-refractivity contribution in [3.63, 3.8) is 0 Å². The first-order chi connectivity index (χ1) is 14.1. The van der Waals surface area contributed by atoms with Crippen molar-refractivity contribution in [2.45, 2.75) is 57.8 Å². The number of hydroxylamine groups is 1. The van der Waals surface area contributed by atoms with Crippen molar-refractivity contribution < 1.29 is 27.5 Å². The molecule has 0 aromatic carbocycles. The molecule has 9 heteroatoms. The fourth-order valence-corrected chi connectivity index (χ4v) is 4.66. The van der Waals surface area contributed by atoms with Crippen molar-refractivity contribution in [2.24, 2.45) is 11.7 Å². The SMILES string of the molecule is COCCOCCOCCN(OCC1CCCCC1)S(=O)(=O)CCCCCCN. The second kappa shape index (κ2) is 17.4. The van der Waals surface area contributed by atoms with Gasteiger partial charge in [0, 0.05) is 7.11 Å². The number of hydrogen-bond donors (Lipinski definition) is 1. The molecule has 0 amide bonds. The van der Waals surface area contributed by atoms with Gasteiger partial charge in [0.1, 0.15) is 0 Å². The minimum Gasteiger partial charge on any atom is -0.382 e. The first-order valence-electron chi connectivity index (χ1n) is 11.1. The highest BCUT2D eigenvalue weighted by Gasteiger charge is 2.24. The predicted molar refractivity (Wildman–Crippen MR) is 114 cm³/mol. The van der Waals surface area contributed by atoms with Crippen molar-refractivity contribution in [3.8, 4) is 0 Å². The fraction of sp³-hybridized carbons (Fsp3) is 1.00. The van der Waals surface area contributed by atoms with E-state index in [4.69, 9.17) is 24.8 Å². The molecule has 1 aliphatic carbocycles. The Morgan fingerprint density at radius 2 is 1.55 bits per heavy atom. The van der Waals surface area contributed by atoms with Crippen LogP contribution in [0.3, 0.4) is 0 Å². The molecule has 0 saturated heterocycles. The Morgan fingerprint density at radius 3 is 2.24 bits per heavy atom. The van der Waals surface area contributed by atoms with Crippen LogP contribution in [0.4, 0.5) is 0 Å². The summed E-state index contributed by atoms with van der Waals surface area (Å²) in [6, 6.07) is 0. The van der Waals surface area contributed by atoms with Gasteiger partial charge in [-0.3, -0.25) is 4.84 Å². The molecule has 0 heterocycles. The lowest BCUT2D eigenvalue weighted by atomic mass is 9.90. The third-order valence-corrected chi connectivity index (χ3v) is 6.78. The zero-order valence-corrected chi connectivity index (χ0v) is 19.0. The summed E-state index contributed by atoms with van der Waals surface area (Å²) in [6.45, 7) is 3.55. The van der Waals surface area contributed by atoms with Crippen molar-refractivity contribution in [3.05, 3.63) is 0 Å². The number of nitrogens with zero attached hydrogens (tertiary/aromatic N) is 1. The molecule has 1 aliphatic rings. The van der Waals surface area contributed by atoms with Crippen LogP contribution in [0, 0.1) is 5.92 Å².